The molecule has 2 heteroatoms. The summed E-state index contributed by atoms with van der Waals surface area (Å²) in [6, 6.07) is 8.11. The van der Waals surface area contributed by atoms with Crippen molar-refractivity contribution in [2.24, 2.45) is 0 Å². The molecule has 0 atom stereocenters. The first-order valence-electron chi connectivity index (χ1n) is 4.50. The Hall–Kier alpha value is -1.15. The number of hydrogen-bond acceptors (Lipinski definition) is 2. The summed E-state index contributed by atoms with van der Waals surface area (Å²) in [6.45, 7) is 5.08. The van der Waals surface area contributed by atoms with Crippen molar-refractivity contribution in [3.63, 3.8) is 0 Å². The van der Waals surface area contributed by atoms with E-state index in [9.17, 15) is 4.79 Å². The van der Waals surface area contributed by atoms with Gasteiger partial charge in [-0.05, 0) is 5.56 Å². The lowest BCUT2D eigenvalue weighted by molar-refractivity contribution is 0.112. The zero-order valence-corrected chi connectivity index (χ0v) is 8.08. The summed E-state index contributed by atoms with van der Waals surface area (Å²) in [5.41, 5.74) is 1.94. The van der Waals surface area contributed by atoms with E-state index in [4.69, 9.17) is 0 Å². The van der Waals surface area contributed by atoms with Crippen molar-refractivity contribution in [1.29, 1.82) is 0 Å². The Balaban J connectivity index is 2.54. The molecule has 0 saturated heterocycles. The van der Waals surface area contributed by atoms with Gasteiger partial charge in [0.2, 0.25) is 0 Å². The second kappa shape index (κ2) is 4.77. The van der Waals surface area contributed by atoms with Gasteiger partial charge in [0.05, 0.1) is 0 Å². The van der Waals surface area contributed by atoms with Gasteiger partial charge in [-0.15, -0.1) is 0 Å². The van der Waals surface area contributed by atoms with Crippen molar-refractivity contribution < 1.29 is 4.79 Å². The van der Waals surface area contributed by atoms with Crippen LogP contribution in [-0.4, -0.2) is 12.3 Å². The van der Waals surface area contributed by atoms with Crippen LogP contribution in [0.25, 0.3) is 0 Å². The van der Waals surface area contributed by atoms with Crippen molar-refractivity contribution in [2.45, 2.75) is 26.4 Å². The molecule has 1 rings (SSSR count). The summed E-state index contributed by atoms with van der Waals surface area (Å²) in [7, 11) is 0. The van der Waals surface area contributed by atoms with E-state index in [1.807, 2.05) is 24.3 Å². The molecule has 0 saturated carbocycles. The highest BCUT2D eigenvalue weighted by molar-refractivity contribution is 5.74. The summed E-state index contributed by atoms with van der Waals surface area (Å²) in [5.74, 6) is 0. The zero-order valence-electron chi connectivity index (χ0n) is 8.08. The quantitative estimate of drug-likeness (QED) is 0.713. The molecular weight excluding hydrogens is 162 g/mol. The molecule has 0 heterocycles. The number of benzene rings is 1. The van der Waals surface area contributed by atoms with Crippen molar-refractivity contribution in [3.05, 3.63) is 35.4 Å². The van der Waals surface area contributed by atoms with E-state index in [-0.39, 0.29) is 0 Å². The lowest BCUT2D eigenvalue weighted by Gasteiger charge is -2.07. The fourth-order valence-electron chi connectivity index (χ4n) is 1.04. The molecule has 1 N–H and O–H groups in total. The minimum Gasteiger partial charge on any atom is -0.310 e. The largest absolute Gasteiger partial charge is 0.310 e. The van der Waals surface area contributed by atoms with E-state index in [0.29, 0.717) is 6.04 Å². The van der Waals surface area contributed by atoms with Gasteiger partial charge in [-0.25, -0.2) is 0 Å². The molecule has 0 aliphatic heterocycles. The Morgan fingerprint density at radius 1 is 1.31 bits per heavy atom. The molecule has 0 aliphatic carbocycles. The smallest absolute Gasteiger partial charge is 0.150 e. The second-order valence-electron chi connectivity index (χ2n) is 3.40. The van der Waals surface area contributed by atoms with Gasteiger partial charge in [0.1, 0.15) is 6.29 Å². The van der Waals surface area contributed by atoms with Crippen LogP contribution in [0.1, 0.15) is 29.8 Å². The average Bonchev–Trinajstić information content (AvgIpc) is 2.15. The summed E-state index contributed by atoms with van der Waals surface area (Å²) in [4.78, 5) is 10.4. The van der Waals surface area contributed by atoms with Gasteiger partial charge in [-0.3, -0.25) is 4.79 Å². The molecule has 0 spiro atoms. The topological polar surface area (TPSA) is 29.1 Å². The Morgan fingerprint density at radius 2 is 1.92 bits per heavy atom. The van der Waals surface area contributed by atoms with Crippen molar-refractivity contribution >= 4 is 6.29 Å². The third kappa shape index (κ3) is 3.38. The van der Waals surface area contributed by atoms with Crippen LogP contribution in [0.5, 0.6) is 0 Å². The predicted molar refractivity (Wildman–Crippen MR) is 53.8 cm³/mol. The minimum absolute atomic E-state index is 0.491. The second-order valence-corrected chi connectivity index (χ2v) is 3.40. The number of aldehydes is 1. The first-order chi connectivity index (χ1) is 6.22. The van der Waals surface area contributed by atoms with Crippen molar-refractivity contribution in [3.8, 4) is 0 Å². The van der Waals surface area contributed by atoms with Gasteiger partial charge in [0, 0.05) is 18.2 Å². The third-order valence-corrected chi connectivity index (χ3v) is 1.83. The Bertz CT molecular complexity index is 264. The van der Waals surface area contributed by atoms with Crippen molar-refractivity contribution in [1.82, 2.24) is 5.32 Å². The molecule has 0 amide bonds. The zero-order chi connectivity index (χ0) is 9.68. The predicted octanol–water partition coefficient (Wildman–Crippen LogP) is 2.00. The van der Waals surface area contributed by atoms with E-state index in [2.05, 4.69) is 19.2 Å². The summed E-state index contributed by atoms with van der Waals surface area (Å²) >= 11 is 0. The van der Waals surface area contributed by atoms with Crippen LogP contribution in [0.3, 0.4) is 0 Å². The number of nitrogens with one attached hydrogen (secondary N) is 1. The van der Waals surface area contributed by atoms with Crippen LogP contribution in [0.4, 0.5) is 0 Å². The lowest BCUT2D eigenvalue weighted by atomic mass is 10.1. The Labute approximate surface area is 79.0 Å². The van der Waals surface area contributed by atoms with Crippen LogP contribution >= 0.6 is 0 Å². The average molecular weight is 177 g/mol. The SMILES string of the molecule is CC(C)NCc1ccc(C=O)cc1. The minimum atomic E-state index is 0.491. The third-order valence-electron chi connectivity index (χ3n) is 1.83. The highest BCUT2D eigenvalue weighted by Crippen LogP contribution is 2.02. The van der Waals surface area contributed by atoms with Crippen molar-refractivity contribution in [2.75, 3.05) is 0 Å². The van der Waals surface area contributed by atoms with Gasteiger partial charge >= 0.3 is 0 Å². The normalized spacial score (nSPS) is 10.4. The molecule has 0 unspecified atom stereocenters. The fourth-order valence-corrected chi connectivity index (χ4v) is 1.04. The van der Waals surface area contributed by atoms with E-state index in [0.717, 1.165) is 18.4 Å². The highest BCUT2D eigenvalue weighted by Gasteiger charge is 1.95. The highest BCUT2D eigenvalue weighted by atomic mass is 16.1. The molecule has 13 heavy (non-hydrogen) atoms. The van der Waals surface area contributed by atoms with Crippen LogP contribution < -0.4 is 5.32 Å². The first kappa shape index (κ1) is 9.93. The van der Waals surface area contributed by atoms with Gasteiger partial charge in [-0.1, -0.05) is 38.1 Å². The van der Waals surface area contributed by atoms with Crippen LogP contribution in [0.15, 0.2) is 24.3 Å². The van der Waals surface area contributed by atoms with E-state index in [1.165, 1.54) is 5.56 Å². The molecule has 1 aromatic rings. The molecule has 0 bridgehead atoms. The van der Waals surface area contributed by atoms with Gasteiger partial charge < -0.3 is 5.32 Å². The van der Waals surface area contributed by atoms with Crippen LogP contribution in [0.2, 0.25) is 0 Å². The van der Waals surface area contributed by atoms with Gasteiger partial charge in [-0.2, -0.15) is 0 Å². The maximum absolute atomic E-state index is 10.4. The summed E-state index contributed by atoms with van der Waals surface area (Å²) in [6.07, 6.45) is 0.861. The first-order valence-corrected chi connectivity index (χ1v) is 4.50. The molecule has 0 fully saturated rings. The number of carbonyl (C=O) groups excluding carboxylic acids is 1. The monoisotopic (exact) mass is 177 g/mol. The van der Waals surface area contributed by atoms with Crippen LogP contribution in [-0.2, 0) is 6.54 Å². The lowest BCUT2D eigenvalue weighted by Crippen LogP contribution is -2.21. The fraction of sp³-hybridized carbons (Fsp3) is 0.364. The summed E-state index contributed by atoms with van der Waals surface area (Å²) < 4.78 is 0. The van der Waals surface area contributed by atoms with E-state index in [1.54, 1.807) is 0 Å². The molecule has 1 aromatic carbocycles. The molecule has 0 radical (unpaired) electrons. The maximum Gasteiger partial charge on any atom is 0.150 e. The van der Waals surface area contributed by atoms with Gasteiger partial charge in [0.25, 0.3) is 0 Å². The van der Waals surface area contributed by atoms with Gasteiger partial charge in [0.15, 0.2) is 0 Å². The van der Waals surface area contributed by atoms with E-state index < -0.39 is 0 Å². The molecule has 0 aliphatic rings. The van der Waals surface area contributed by atoms with E-state index >= 15 is 0 Å². The number of hydrogen-bond donors (Lipinski definition) is 1. The number of rotatable bonds is 4. The molecular formula is C11H15NO. The summed E-state index contributed by atoms with van der Waals surface area (Å²) in [5, 5.41) is 3.31. The molecule has 70 valence electrons. The Morgan fingerprint density at radius 3 is 2.38 bits per heavy atom. The Kier molecular flexibility index (Phi) is 3.65. The van der Waals surface area contributed by atoms with Crippen LogP contribution in [0, 0.1) is 0 Å². The maximum atomic E-state index is 10.4. The standard InChI is InChI=1S/C11H15NO/c1-9(2)12-7-10-3-5-11(8-13)6-4-10/h3-6,8-9,12H,7H2,1-2H3. The number of carbonyl (C=O) groups is 1. The molecule has 2 nitrogen and oxygen atoms in total. The molecule has 0 aromatic heterocycles.